The molecule has 0 spiro atoms. The molecule has 0 aromatic heterocycles. The average molecular weight is 300 g/mol. The molecule has 0 radical (unpaired) electrons. The Morgan fingerprint density at radius 2 is 2.11 bits per heavy atom. The first-order valence-corrected chi connectivity index (χ1v) is 6.87. The van der Waals surface area contributed by atoms with Crippen molar-refractivity contribution < 1.29 is 4.79 Å². The van der Waals surface area contributed by atoms with Crippen molar-refractivity contribution in [2.75, 3.05) is 18.0 Å². The number of anilines is 1. The number of rotatable bonds is 7. The fraction of sp³-hybridized carbons (Fsp3) is 0.385. The zero-order valence-corrected chi connectivity index (χ0v) is 12.4. The lowest BCUT2D eigenvalue weighted by Crippen LogP contribution is -2.35. The maximum atomic E-state index is 11.2. The van der Waals surface area contributed by atoms with Crippen LogP contribution in [0.5, 0.6) is 0 Å². The molecule has 0 aliphatic carbocycles. The highest BCUT2D eigenvalue weighted by Crippen LogP contribution is 2.25. The van der Waals surface area contributed by atoms with Crippen molar-refractivity contribution in [3.05, 3.63) is 28.8 Å². The van der Waals surface area contributed by atoms with Gasteiger partial charge in [-0.15, -0.1) is 0 Å². The molecule has 0 fully saturated rings. The van der Waals surface area contributed by atoms with Gasteiger partial charge in [-0.25, -0.2) is 0 Å². The van der Waals surface area contributed by atoms with E-state index in [2.05, 4.69) is 6.92 Å². The van der Waals surface area contributed by atoms with Crippen molar-refractivity contribution in [1.82, 2.24) is 0 Å². The maximum Gasteiger partial charge on any atom is 0.236 e. The topological polar surface area (TPSA) is 72.3 Å². The first kappa shape index (κ1) is 15.7. The third kappa shape index (κ3) is 4.69. The summed E-state index contributed by atoms with van der Waals surface area (Å²) in [4.78, 5) is 13.3. The third-order valence-corrected chi connectivity index (χ3v) is 3.15. The molecule has 4 nitrogen and oxygen atoms in total. The summed E-state index contributed by atoms with van der Waals surface area (Å²) < 4.78 is 0. The van der Waals surface area contributed by atoms with E-state index in [9.17, 15) is 4.79 Å². The van der Waals surface area contributed by atoms with E-state index >= 15 is 0 Å². The van der Waals surface area contributed by atoms with Crippen LogP contribution in [0.25, 0.3) is 0 Å². The van der Waals surface area contributed by atoms with E-state index in [4.69, 9.17) is 35.3 Å². The SMILES string of the molecule is CCCCN(CC(N)=O)c1cc(Cl)ccc1C(N)=S. The van der Waals surface area contributed by atoms with Crippen LogP contribution in [0.1, 0.15) is 25.3 Å². The molecular weight excluding hydrogens is 282 g/mol. The number of thiocarbonyl (C=S) groups is 1. The highest BCUT2D eigenvalue weighted by Gasteiger charge is 2.15. The lowest BCUT2D eigenvalue weighted by Gasteiger charge is -2.25. The van der Waals surface area contributed by atoms with Crippen LogP contribution in [0.4, 0.5) is 5.69 Å². The molecule has 19 heavy (non-hydrogen) atoms. The van der Waals surface area contributed by atoms with E-state index < -0.39 is 5.91 Å². The van der Waals surface area contributed by atoms with Gasteiger partial charge in [0, 0.05) is 22.8 Å². The third-order valence-electron chi connectivity index (χ3n) is 2.69. The molecule has 0 saturated heterocycles. The van der Waals surface area contributed by atoms with Gasteiger partial charge in [-0.05, 0) is 24.6 Å². The first-order chi connectivity index (χ1) is 8.95. The predicted octanol–water partition coefficient (Wildman–Crippen LogP) is 2.07. The second-order valence-corrected chi connectivity index (χ2v) is 5.14. The van der Waals surface area contributed by atoms with Gasteiger partial charge in [-0.1, -0.05) is 37.2 Å². The summed E-state index contributed by atoms with van der Waals surface area (Å²) in [6.45, 7) is 2.90. The summed E-state index contributed by atoms with van der Waals surface area (Å²) in [6, 6.07) is 5.25. The van der Waals surface area contributed by atoms with Crippen LogP contribution >= 0.6 is 23.8 Å². The predicted molar refractivity (Wildman–Crippen MR) is 83.7 cm³/mol. The van der Waals surface area contributed by atoms with Gasteiger partial charge in [0.2, 0.25) is 5.91 Å². The number of benzene rings is 1. The summed E-state index contributed by atoms with van der Waals surface area (Å²) in [5.41, 5.74) is 12.5. The molecule has 6 heteroatoms. The monoisotopic (exact) mass is 299 g/mol. The number of halogens is 1. The van der Waals surface area contributed by atoms with Crippen molar-refractivity contribution in [3.63, 3.8) is 0 Å². The van der Waals surface area contributed by atoms with Crippen molar-refractivity contribution in [1.29, 1.82) is 0 Å². The van der Waals surface area contributed by atoms with Crippen LogP contribution in [-0.2, 0) is 4.79 Å². The van der Waals surface area contributed by atoms with Gasteiger partial charge in [0.1, 0.15) is 4.99 Å². The number of carbonyl (C=O) groups excluding carboxylic acids is 1. The Kier molecular flexibility index (Phi) is 6.05. The number of carbonyl (C=O) groups is 1. The quantitative estimate of drug-likeness (QED) is 0.756. The van der Waals surface area contributed by atoms with Crippen LogP contribution in [0.2, 0.25) is 5.02 Å². The molecule has 1 aromatic carbocycles. The van der Waals surface area contributed by atoms with Gasteiger partial charge < -0.3 is 16.4 Å². The Labute approximate surface area is 123 Å². The molecule has 0 aliphatic heterocycles. The van der Waals surface area contributed by atoms with Crippen molar-refractivity contribution in [2.45, 2.75) is 19.8 Å². The van der Waals surface area contributed by atoms with Crippen LogP contribution in [0.3, 0.4) is 0 Å². The summed E-state index contributed by atoms with van der Waals surface area (Å²) in [6.07, 6.45) is 1.95. The van der Waals surface area contributed by atoms with Crippen LogP contribution in [0, 0.1) is 0 Å². The van der Waals surface area contributed by atoms with Crippen molar-refractivity contribution in [3.8, 4) is 0 Å². The van der Waals surface area contributed by atoms with E-state index in [-0.39, 0.29) is 11.5 Å². The minimum atomic E-state index is -0.398. The summed E-state index contributed by atoms with van der Waals surface area (Å²) in [7, 11) is 0. The maximum absolute atomic E-state index is 11.2. The molecule has 0 bridgehead atoms. The second kappa shape index (κ2) is 7.31. The van der Waals surface area contributed by atoms with Crippen LogP contribution in [-0.4, -0.2) is 24.0 Å². The van der Waals surface area contributed by atoms with Crippen LogP contribution < -0.4 is 16.4 Å². The highest BCUT2D eigenvalue weighted by molar-refractivity contribution is 7.80. The standard InChI is InChI=1S/C13H18ClN3OS/c1-2-3-6-17(8-12(15)18)11-7-9(14)4-5-10(11)13(16)19/h4-5,7H,2-3,6,8H2,1H3,(H2,15,18)(H2,16,19). The minimum absolute atomic E-state index is 0.121. The number of primary amides is 1. The summed E-state index contributed by atoms with van der Waals surface area (Å²) in [5.74, 6) is -0.398. The van der Waals surface area contributed by atoms with Gasteiger partial charge in [-0.3, -0.25) is 4.79 Å². The molecule has 1 aromatic rings. The summed E-state index contributed by atoms with van der Waals surface area (Å²) in [5, 5.41) is 0.570. The largest absolute Gasteiger partial charge is 0.389 e. The Morgan fingerprint density at radius 1 is 1.42 bits per heavy atom. The number of hydrogen-bond donors (Lipinski definition) is 2. The van der Waals surface area contributed by atoms with Crippen molar-refractivity contribution >= 4 is 40.4 Å². The Hall–Kier alpha value is -1.33. The number of hydrogen-bond acceptors (Lipinski definition) is 3. The molecule has 104 valence electrons. The summed E-state index contributed by atoms with van der Waals surface area (Å²) >= 11 is 11.0. The molecule has 0 unspecified atom stereocenters. The fourth-order valence-corrected chi connectivity index (χ4v) is 2.14. The Morgan fingerprint density at radius 3 is 2.63 bits per heavy atom. The smallest absolute Gasteiger partial charge is 0.236 e. The lowest BCUT2D eigenvalue weighted by molar-refractivity contribution is -0.116. The van der Waals surface area contributed by atoms with E-state index in [1.54, 1.807) is 18.2 Å². The number of amides is 1. The van der Waals surface area contributed by atoms with E-state index in [0.717, 1.165) is 18.5 Å². The molecule has 1 amide bonds. The van der Waals surface area contributed by atoms with E-state index in [1.165, 1.54) is 0 Å². The molecule has 4 N–H and O–H groups in total. The van der Waals surface area contributed by atoms with Gasteiger partial charge in [0.15, 0.2) is 0 Å². The van der Waals surface area contributed by atoms with Gasteiger partial charge in [-0.2, -0.15) is 0 Å². The van der Waals surface area contributed by atoms with Gasteiger partial charge in [0.25, 0.3) is 0 Å². The van der Waals surface area contributed by atoms with Gasteiger partial charge in [0.05, 0.1) is 6.54 Å². The van der Waals surface area contributed by atoms with E-state index in [1.807, 2.05) is 4.90 Å². The highest BCUT2D eigenvalue weighted by atomic mass is 35.5. The Bertz CT molecular complexity index is 479. The molecular formula is C13H18ClN3OS. The normalized spacial score (nSPS) is 10.2. The molecule has 1 rings (SSSR count). The Balaban J connectivity index is 3.14. The minimum Gasteiger partial charge on any atom is -0.389 e. The van der Waals surface area contributed by atoms with E-state index in [0.29, 0.717) is 17.1 Å². The number of nitrogens with zero attached hydrogens (tertiary/aromatic N) is 1. The fourth-order valence-electron chi connectivity index (χ4n) is 1.80. The first-order valence-electron chi connectivity index (χ1n) is 6.08. The van der Waals surface area contributed by atoms with Crippen molar-refractivity contribution in [2.24, 2.45) is 11.5 Å². The zero-order chi connectivity index (χ0) is 14.4. The molecule has 0 atom stereocenters. The average Bonchev–Trinajstić information content (AvgIpc) is 2.33. The lowest BCUT2D eigenvalue weighted by atomic mass is 10.1. The van der Waals surface area contributed by atoms with Gasteiger partial charge >= 0.3 is 0 Å². The second-order valence-electron chi connectivity index (χ2n) is 4.27. The molecule has 0 heterocycles. The zero-order valence-electron chi connectivity index (χ0n) is 10.9. The number of unbranched alkanes of at least 4 members (excludes halogenated alkanes) is 1. The molecule has 0 aliphatic rings. The van der Waals surface area contributed by atoms with Crippen LogP contribution in [0.15, 0.2) is 18.2 Å². The molecule has 0 saturated carbocycles. The number of nitrogens with two attached hydrogens (primary N) is 2.